The second-order valence-electron chi connectivity index (χ2n) is 7.64. The van der Waals surface area contributed by atoms with Crippen molar-refractivity contribution in [1.29, 1.82) is 0 Å². The van der Waals surface area contributed by atoms with Gasteiger partial charge >= 0.3 is 0 Å². The number of carbonyl (C=O) groups excluding carboxylic acids is 1. The van der Waals surface area contributed by atoms with Gasteiger partial charge in [-0.25, -0.2) is 0 Å². The minimum Gasteiger partial charge on any atom is -0.381 e. The van der Waals surface area contributed by atoms with Crippen LogP contribution in [0.25, 0.3) is 0 Å². The summed E-state index contributed by atoms with van der Waals surface area (Å²) in [5.41, 5.74) is 1.79. The van der Waals surface area contributed by atoms with E-state index in [1.807, 2.05) is 24.3 Å². The number of hydrogen-bond donors (Lipinski definition) is 3. The van der Waals surface area contributed by atoms with Crippen molar-refractivity contribution in [3.63, 3.8) is 0 Å². The van der Waals surface area contributed by atoms with Gasteiger partial charge in [-0.15, -0.1) is 0 Å². The number of benzene rings is 1. The van der Waals surface area contributed by atoms with Crippen LogP contribution >= 0.6 is 0 Å². The highest BCUT2D eigenvalue weighted by atomic mass is 16.5. The molecule has 0 spiro atoms. The molecule has 0 radical (unpaired) electrons. The van der Waals surface area contributed by atoms with E-state index in [2.05, 4.69) is 27.9 Å². The zero-order valence-electron chi connectivity index (χ0n) is 18.5. The van der Waals surface area contributed by atoms with Gasteiger partial charge in [0.1, 0.15) is 0 Å². The Morgan fingerprint density at radius 1 is 1.10 bits per heavy atom. The summed E-state index contributed by atoms with van der Waals surface area (Å²) in [6.45, 7) is 7.62. The summed E-state index contributed by atoms with van der Waals surface area (Å²) >= 11 is 0. The smallest absolute Gasteiger partial charge is 0.251 e. The summed E-state index contributed by atoms with van der Waals surface area (Å²) < 4.78 is 11.2. The van der Waals surface area contributed by atoms with Crippen LogP contribution in [0.3, 0.4) is 0 Å². The Morgan fingerprint density at radius 3 is 2.53 bits per heavy atom. The number of ether oxygens (including phenoxy) is 2. The van der Waals surface area contributed by atoms with Gasteiger partial charge in [-0.3, -0.25) is 9.79 Å². The molecule has 0 aliphatic carbocycles. The minimum atomic E-state index is -0.0144. The molecule has 0 bridgehead atoms. The van der Waals surface area contributed by atoms with Crippen molar-refractivity contribution in [2.75, 3.05) is 46.6 Å². The van der Waals surface area contributed by atoms with Crippen molar-refractivity contribution in [2.45, 2.75) is 45.6 Å². The number of unbranched alkanes of at least 4 members (excludes halogenated alkanes) is 1. The molecule has 0 saturated carbocycles. The summed E-state index contributed by atoms with van der Waals surface area (Å²) in [7, 11) is 1.76. The summed E-state index contributed by atoms with van der Waals surface area (Å²) in [5, 5.41) is 9.55. The van der Waals surface area contributed by atoms with Crippen molar-refractivity contribution in [3.8, 4) is 0 Å². The molecule has 0 unspecified atom stereocenters. The van der Waals surface area contributed by atoms with Crippen LogP contribution in [-0.4, -0.2) is 58.4 Å². The van der Waals surface area contributed by atoms with E-state index in [4.69, 9.17) is 9.47 Å². The predicted molar refractivity (Wildman–Crippen MR) is 121 cm³/mol. The maximum atomic E-state index is 12.1. The first-order chi connectivity index (χ1) is 14.7. The normalized spacial score (nSPS) is 15.1. The monoisotopic (exact) mass is 418 g/mol. The zero-order valence-corrected chi connectivity index (χ0v) is 18.5. The van der Waals surface area contributed by atoms with Gasteiger partial charge in [0, 0.05) is 58.7 Å². The molecule has 2 rings (SSSR count). The topological polar surface area (TPSA) is 84.0 Å². The zero-order chi connectivity index (χ0) is 21.4. The molecule has 0 aromatic heterocycles. The standard InChI is InChI=1S/C23H38N4O3/c1-3-4-12-25-22(28)21-8-6-19(7-9-21)17-27-23(24-2)26-13-5-14-30-18-20-10-15-29-16-11-20/h6-9,20H,3-5,10-18H2,1-2H3,(H,25,28)(H2,24,26,27). The van der Waals surface area contributed by atoms with Crippen molar-refractivity contribution in [1.82, 2.24) is 16.0 Å². The molecular weight excluding hydrogens is 380 g/mol. The minimum absolute atomic E-state index is 0.0144. The fourth-order valence-corrected chi connectivity index (χ4v) is 3.21. The maximum Gasteiger partial charge on any atom is 0.251 e. The van der Waals surface area contributed by atoms with E-state index in [9.17, 15) is 4.79 Å². The Balaban J connectivity index is 1.58. The van der Waals surface area contributed by atoms with Gasteiger partial charge < -0.3 is 25.4 Å². The molecule has 168 valence electrons. The molecule has 7 nitrogen and oxygen atoms in total. The average molecular weight is 419 g/mol. The summed E-state index contributed by atoms with van der Waals surface area (Å²) in [5.74, 6) is 1.40. The molecule has 1 aromatic carbocycles. The molecule has 3 N–H and O–H groups in total. The molecule has 1 aromatic rings. The molecule has 1 fully saturated rings. The van der Waals surface area contributed by atoms with Crippen LogP contribution in [0.4, 0.5) is 0 Å². The molecule has 1 aliphatic heterocycles. The van der Waals surface area contributed by atoms with Crippen LogP contribution < -0.4 is 16.0 Å². The summed E-state index contributed by atoms with van der Waals surface area (Å²) in [6.07, 6.45) is 5.23. The van der Waals surface area contributed by atoms with Crippen molar-refractivity contribution in [2.24, 2.45) is 10.9 Å². The van der Waals surface area contributed by atoms with E-state index in [1.165, 1.54) is 0 Å². The number of nitrogens with one attached hydrogen (secondary N) is 3. The number of hydrogen-bond acceptors (Lipinski definition) is 4. The first-order valence-corrected chi connectivity index (χ1v) is 11.2. The Kier molecular flexibility index (Phi) is 11.9. The summed E-state index contributed by atoms with van der Waals surface area (Å²) in [6, 6.07) is 7.67. The Hall–Kier alpha value is -2.12. The highest BCUT2D eigenvalue weighted by Gasteiger charge is 2.13. The quantitative estimate of drug-likeness (QED) is 0.276. The van der Waals surface area contributed by atoms with Gasteiger partial charge in [-0.05, 0) is 49.3 Å². The lowest BCUT2D eigenvalue weighted by atomic mass is 10.0. The third-order valence-electron chi connectivity index (χ3n) is 5.17. The largest absolute Gasteiger partial charge is 0.381 e. The molecule has 1 heterocycles. The number of amides is 1. The molecular formula is C23H38N4O3. The average Bonchev–Trinajstić information content (AvgIpc) is 2.79. The van der Waals surface area contributed by atoms with Crippen LogP contribution in [0.15, 0.2) is 29.3 Å². The fraction of sp³-hybridized carbons (Fsp3) is 0.652. The van der Waals surface area contributed by atoms with Crippen molar-refractivity contribution >= 4 is 11.9 Å². The SMILES string of the molecule is CCCCNC(=O)c1ccc(CNC(=NC)NCCCOCC2CCOCC2)cc1. The van der Waals surface area contributed by atoms with Gasteiger partial charge in [0.05, 0.1) is 0 Å². The van der Waals surface area contributed by atoms with Gasteiger partial charge in [0.2, 0.25) is 0 Å². The fourth-order valence-electron chi connectivity index (χ4n) is 3.21. The molecule has 1 amide bonds. The van der Waals surface area contributed by atoms with Crippen molar-refractivity contribution < 1.29 is 14.3 Å². The first-order valence-electron chi connectivity index (χ1n) is 11.2. The van der Waals surface area contributed by atoms with Gasteiger partial charge in [0.15, 0.2) is 5.96 Å². The lowest BCUT2D eigenvalue weighted by Crippen LogP contribution is -2.37. The van der Waals surface area contributed by atoms with Crippen LogP contribution in [0.2, 0.25) is 0 Å². The maximum absolute atomic E-state index is 12.1. The van der Waals surface area contributed by atoms with Gasteiger partial charge in [-0.1, -0.05) is 25.5 Å². The third kappa shape index (κ3) is 9.59. The highest BCUT2D eigenvalue weighted by molar-refractivity contribution is 5.94. The Labute approximate surface area is 181 Å². The van der Waals surface area contributed by atoms with E-state index in [1.54, 1.807) is 7.05 Å². The molecule has 7 heteroatoms. The van der Waals surface area contributed by atoms with Crippen molar-refractivity contribution in [3.05, 3.63) is 35.4 Å². The summed E-state index contributed by atoms with van der Waals surface area (Å²) in [4.78, 5) is 16.3. The number of guanidine groups is 1. The van der Waals surface area contributed by atoms with E-state index in [-0.39, 0.29) is 5.91 Å². The lowest BCUT2D eigenvalue weighted by Gasteiger charge is -2.21. The van der Waals surface area contributed by atoms with Crippen LogP contribution in [0.1, 0.15) is 54.9 Å². The molecule has 30 heavy (non-hydrogen) atoms. The van der Waals surface area contributed by atoms with E-state index < -0.39 is 0 Å². The first kappa shape index (κ1) is 24.2. The Morgan fingerprint density at radius 2 is 1.83 bits per heavy atom. The second kappa shape index (κ2) is 14.8. The van der Waals surface area contributed by atoms with Gasteiger partial charge in [-0.2, -0.15) is 0 Å². The van der Waals surface area contributed by atoms with Crippen LogP contribution in [0.5, 0.6) is 0 Å². The van der Waals surface area contributed by atoms with E-state index >= 15 is 0 Å². The third-order valence-corrected chi connectivity index (χ3v) is 5.17. The number of nitrogens with zero attached hydrogens (tertiary/aromatic N) is 1. The predicted octanol–water partition coefficient (Wildman–Crippen LogP) is 2.71. The number of carbonyl (C=O) groups is 1. The van der Waals surface area contributed by atoms with Gasteiger partial charge in [0.25, 0.3) is 5.91 Å². The lowest BCUT2D eigenvalue weighted by molar-refractivity contribution is 0.0203. The van der Waals surface area contributed by atoms with E-state index in [0.29, 0.717) is 18.0 Å². The second-order valence-corrected chi connectivity index (χ2v) is 7.64. The van der Waals surface area contributed by atoms with Crippen LogP contribution in [0, 0.1) is 5.92 Å². The van der Waals surface area contributed by atoms with E-state index in [0.717, 1.165) is 83.1 Å². The number of rotatable bonds is 12. The molecule has 1 aliphatic rings. The number of aliphatic imine (C=N–C) groups is 1. The molecule has 1 saturated heterocycles. The molecule has 0 atom stereocenters. The Bertz CT molecular complexity index is 628. The highest BCUT2D eigenvalue weighted by Crippen LogP contribution is 2.14. The van der Waals surface area contributed by atoms with Crippen LogP contribution in [-0.2, 0) is 16.0 Å².